The van der Waals surface area contributed by atoms with Gasteiger partial charge in [0.15, 0.2) is 5.78 Å². The lowest BCUT2D eigenvalue weighted by Crippen LogP contribution is -2.32. The second kappa shape index (κ2) is 9.09. The molecular weight excluding hydrogens is 448 g/mol. The van der Waals surface area contributed by atoms with Gasteiger partial charge in [0.05, 0.1) is 23.5 Å². The summed E-state index contributed by atoms with van der Waals surface area (Å²) in [6, 6.07) is 19.1. The van der Waals surface area contributed by atoms with E-state index in [1.165, 1.54) is 11.8 Å². The number of allylic oxidation sites excluding steroid dienone is 1. The van der Waals surface area contributed by atoms with Gasteiger partial charge in [0, 0.05) is 16.0 Å². The summed E-state index contributed by atoms with van der Waals surface area (Å²) in [6.45, 7) is 1.94. The zero-order valence-corrected chi connectivity index (χ0v) is 18.0. The van der Waals surface area contributed by atoms with Crippen molar-refractivity contribution in [3.8, 4) is 12.1 Å². The zero-order chi connectivity index (χ0) is 21.0. The molecule has 1 unspecified atom stereocenters. The zero-order valence-electron chi connectivity index (χ0n) is 15.6. The van der Waals surface area contributed by atoms with Crippen LogP contribution in [-0.2, 0) is 0 Å². The number of amidine groups is 1. The van der Waals surface area contributed by atoms with Crippen LogP contribution in [0.4, 0.5) is 0 Å². The average Bonchev–Trinajstić information content (AvgIpc) is 2.72. The molecule has 0 fully saturated rings. The van der Waals surface area contributed by atoms with Crippen molar-refractivity contribution in [3.63, 3.8) is 0 Å². The molecule has 0 amide bonds. The first kappa shape index (κ1) is 20.9. The van der Waals surface area contributed by atoms with Crippen LogP contribution in [0.25, 0.3) is 0 Å². The Morgan fingerprint density at radius 1 is 1.21 bits per heavy atom. The summed E-state index contributed by atoms with van der Waals surface area (Å²) in [7, 11) is 0. The van der Waals surface area contributed by atoms with Crippen molar-refractivity contribution in [1.82, 2.24) is 0 Å². The smallest absolute Gasteiger partial charge is 0.173 e. The van der Waals surface area contributed by atoms with Crippen molar-refractivity contribution in [3.05, 3.63) is 80.3 Å². The number of benzene rings is 2. The molecule has 3 rings (SSSR count). The molecular formula is C22H17BrN4OS. The monoisotopic (exact) mass is 464 g/mol. The quantitative estimate of drug-likeness (QED) is 0.645. The van der Waals surface area contributed by atoms with E-state index in [-0.39, 0.29) is 17.4 Å². The molecule has 2 N–H and O–H groups in total. The number of thioether (sulfide) groups is 1. The highest BCUT2D eigenvalue weighted by Gasteiger charge is 2.36. The van der Waals surface area contributed by atoms with Gasteiger partial charge < -0.3 is 5.73 Å². The molecule has 0 radical (unpaired) electrons. The topological polar surface area (TPSA) is 103 Å². The number of hydrogen-bond donors (Lipinski definition) is 1. The van der Waals surface area contributed by atoms with E-state index in [1.54, 1.807) is 24.3 Å². The van der Waals surface area contributed by atoms with Crippen molar-refractivity contribution in [1.29, 1.82) is 10.5 Å². The van der Waals surface area contributed by atoms with Crippen molar-refractivity contribution < 1.29 is 4.79 Å². The molecule has 29 heavy (non-hydrogen) atoms. The first-order valence-electron chi connectivity index (χ1n) is 8.81. The van der Waals surface area contributed by atoms with Gasteiger partial charge in [-0.3, -0.25) is 4.79 Å². The molecule has 2 aromatic rings. The highest BCUT2D eigenvalue weighted by molar-refractivity contribution is 9.10. The molecule has 1 heterocycles. The molecule has 144 valence electrons. The maximum Gasteiger partial charge on any atom is 0.173 e. The summed E-state index contributed by atoms with van der Waals surface area (Å²) in [6.07, 6.45) is 0. The van der Waals surface area contributed by atoms with Gasteiger partial charge in [0.2, 0.25) is 0 Å². The fraction of sp³-hybridized carbons (Fsp3) is 0.182. The second-order valence-electron chi connectivity index (χ2n) is 6.53. The van der Waals surface area contributed by atoms with Gasteiger partial charge in [-0.25, -0.2) is 4.99 Å². The molecule has 2 atom stereocenters. The van der Waals surface area contributed by atoms with Gasteiger partial charge in [-0.05, 0) is 30.2 Å². The lowest BCUT2D eigenvalue weighted by Gasteiger charge is -2.28. The van der Waals surface area contributed by atoms with Crippen LogP contribution in [0.2, 0.25) is 0 Å². The number of aryl methyl sites for hydroxylation is 1. The van der Waals surface area contributed by atoms with Gasteiger partial charge in [-0.15, -0.1) is 0 Å². The number of Topliss-reactive ketones (excluding diaryl/α,β-unsaturated/α-hetero) is 1. The van der Waals surface area contributed by atoms with Gasteiger partial charge in [-0.2, -0.15) is 10.5 Å². The van der Waals surface area contributed by atoms with Crippen molar-refractivity contribution >= 4 is 39.3 Å². The van der Waals surface area contributed by atoms with Gasteiger partial charge in [0.25, 0.3) is 0 Å². The molecule has 5 nitrogen and oxygen atoms in total. The van der Waals surface area contributed by atoms with E-state index in [9.17, 15) is 15.3 Å². The summed E-state index contributed by atoms with van der Waals surface area (Å²) in [5, 5.41) is 19.9. The Bertz CT molecular complexity index is 1090. The van der Waals surface area contributed by atoms with Gasteiger partial charge >= 0.3 is 0 Å². The van der Waals surface area contributed by atoms with Crippen LogP contribution in [0.5, 0.6) is 0 Å². The van der Waals surface area contributed by atoms with Crippen molar-refractivity contribution in [2.75, 3.05) is 5.75 Å². The van der Waals surface area contributed by atoms with Crippen LogP contribution in [0.15, 0.2) is 68.6 Å². The number of aliphatic imine (C=N–C) groups is 1. The Morgan fingerprint density at radius 3 is 2.52 bits per heavy atom. The largest absolute Gasteiger partial charge is 0.386 e. The fourth-order valence-electron chi connectivity index (χ4n) is 3.21. The molecule has 0 bridgehead atoms. The standard InChI is InChI=1S/C22H17BrN4OS/c1-13-4-2-3-5-16(13)20-17(10-24)21(26)27-22(18(20)11-25)29-12-19(28)14-6-8-15(23)9-7-14/h2-9,17,20H,12H2,1H3,(H2,26,27)/t17?,20-/m0/s1. The van der Waals surface area contributed by atoms with E-state index < -0.39 is 11.8 Å². The lowest BCUT2D eigenvalue weighted by molar-refractivity contribution is 0.102. The summed E-state index contributed by atoms with van der Waals surface area (Å²) in [4.78, 5) is 16.8. The summed E-state index contributed by atoms with van der Waals surface area (Å²) in [5.74, 6) is -1.02. The summed E-state index contributed by atoms with van der Waals surface area (Å²) in [5.41, 5.74) is 8.87. The minimum Gasteiger partial charge on any atom is -0.386 e. The molecule has 2 aromatic carbocycles. The lowest BCUT2D eigenvalue weighted by atomic mass is 9.78. The maximum absolute atomic E-state index is 12.5. The highest BCUT2D eigenvalue weighted by Crippen LogP contribution is 2.41. The number of nitrogens with two attached hydrogens (primary N) is 1. The Balaban J connectivity index is 1.94. The molecule has 1 aliphatic heterocycles. The van der Waals surface area contributed by atoms with E-state index >= 15 is 0 Å². The van der Waals surface area contributed by atoms with E-state index in [2.05, 4.69) is 33.1 Å². The van der Waals surface area contributed by atoms with E-state index in [0.29, 0.717) is 16.2 Å². The number of nitriles is 2. The Labute approximate surface area is 182 Å². The van der Waals surface area contributed by atoms with Crippen LogP contribution in [0.3, 0.4) is 0 Å². The Kier molecular flexibility index (Phi) is 6.53. The van der Waals surface area contributed by atoms with Crippen LogP contribution in [-0.4, -0.2) is 17.4 Å². The van der Waals surface area contributed by atoms with E-state index in [0.717, 1.165) is 15.6 Å². The minimum absolute atomic E-state index is 0.0732. The van der Waals surface area contributed by atoms with E-state index in [1.807, 2.05) is 31.2 Å². The molecule has 7 heteroatoms. The molecule has 0 saturated carbocycles. The van der Waals surface area contributed by atoms with Crippen LogP contribution in [0.1, 0.15) is 27.4 Å². The third kappa shape index (κ3) is 4.42. The second-order valence-corrected chi connectivity index (χ2v) is 8.41. The van der Waals surface area contributed by atoms with Crippen LogP contribution in [0, 0.1) is 35.5 Å². The number of carbonyl (C=O) groups is 1. The Hall–Kier alpha value is -2.87. The average molecular weight is 465 g/mol. The minimum atomic E-state index is -0.725. The predicted molar refractivity (Wildman–Crippen MR) is 118 cm³/mol. The third-order valence-electron chi connectivity index (χ3n) is 4.71. The Morgan fingerprint density at radius 2 is 1.90 bits per heavy atom. The number of rotatable bonds is 5. The van der Waals surface area contributed by atoms with E-state index in [4.69, 9.17) is 5.73 Å². The number of nitrogens with zero attached hydrogens (tertiary/aromatic N) is 3. The number of carbonyl (C=O) groups excluding carboxylic acids is 1. The van der Waals surface area contributed by atoms with Crippen LogP contribution < -0.4 is 5.73 Å². The fourth-order valence-corrected chi connectivity index (χ4v) is 4.41. The number of hydrogen-bond acceptors (Lipinski definition) is 6. The number of ketones is 1. The summed E-state index contributed by atoms with van der Waals surface area (Å²) >= 11 is 4.53. The first-order valence-corrected chi connectivity index (χ1v) is 10.6. The SMILES string of the molecule is Cc1ccccc1[C@@H]1C(C#N)=C(SCC(=O)c2ccc(Br)cc2)N=C(N)C1C#N. The molecule has 0 aliphatic carbocycles. The molecule has 0 saturated heterocycles. The normalized spacial score (nSPS) is 18.6. The van der Waals surface area contributed by atoms with Gasteiger partial charge in [-0.1, -0.05) is 64.1 Å². The molecule has 1 aliphatic rings. The molecule has 0 aromatic heterocycles. The number of halogens is 1. The van der Waals surface area contributed by atoms with Crippen molar-refractivity contribution in [2.45, 2.75) is 12.8 Å². The first-order chi connectivity index (χ1) is 14.0. The predicted octanol–water partition coefficient (Wildman–Crippen LogP) is 4.70. The maximum atomic E-state index is 12.5. The van der Waals surface area contributed by atoms with Crippen LogP contribution >= 0.6 is 27.7 Å². The van der Waals surface area contributed by atoms with Crippen molar-refractivity contribution in [2.24, 2.45) is 16.6 Å². The van der Waals surface area contributed by atoms with Gasteiger partial charge in [0.1, 0.15) is 16.8 Å². The molecule has 0 spiro atoms. The summed E-state index contributed by atoms with van der Waals surface area (Å²) < 4.78 is 0.893. The third-order valence-corrected chi connectivity index (χ3v) is 6.23. The highest BCUT2D eigenvalue weighted by atomic mass is 79.9.